The van der Waals surface area contributed by atoms with Crippen LogP contribution in [-0.2, 0) is 4.74 Å². The van der Waals surface area contributed by atoms with Crippen molar-refractivity contribution in [3.63, 3.8) is 0 Å². The van der Waals surface area contributed by atoms with Gasteiger partial charge in [0.2, 0.25) is 0 Å². The molecule has 2 rings (SSSR count). The number of carbonyl (C=O) groups is 1. The van der Waals surface area contributed by atoms with E-state index >= 15 is 0 Å². The molecule has 0 unspecified atom stereocenters. The molecule has 1 aromatic heterocycles. The highest BCUT2D eigenvalue weighted by molar-refractivity contribution is 7.12. The molecule has 3 nitrogen and oxygen atoms in total. The van der Waals surface area contributed by atoms with E-state index < -0.39 is 0 Å². The Kier molecular flexibility index (Phi) is 2.33. The van der Waals surface area contributed by atoms with Crippen LogP contribution in [0.15, 0.2) is 17.5 Å². The third kappa shape index (κ3) is 1.59. The maximum Gasteiger partial charge on any atom is 0.264 e. The summed E-state index contributed by atoms with van der Waals surface area (Å²) in [4.78, 5) is 14.3. The minimum Gasteiger partial charge on any atom is -0.378 e. The van der Waals surface area contributed by atoms with Crippen LogP contribution in [0, 0.1) is 0 Å². The molecule has 1 saturated heterocycles. The number of ether oxygens (including phenoxy) is 1. The summed E-state index contributed by atoms with van der Waals surface area (Å²) < 4.78 is 5.09. The number of methoxy groups -OCH3 is 1. The number of rotatable bonds is 2. The normalized spacial score (nSPS) is 17.2. The molecule has 0 radical (unpaired) electrons. The van der Waals surface area contributed by atoms with E-state index in [4.69, 9.17) is 4.74 Å². The van der Waals surface area contributed by atoms with Crippen LogP contribution in [0.1, 0.15) is 9.67 Å². The molecule has 4 heteroatoms. The molecule has 0 aromatic carbocycles. The molecule has 0 saturated carbocycles. The second-order valence-corrected chi connectivity index (χ2v) is 3.99. The van der Waals surface area contributed by atoms with Gasteiger partial charge in [0.25, 0.3) is 5.91 Å². The van der Waals surface area contributed by atoms with E-state index in [9.17, 15) is 4.79 Å². The van der Waals surface area contributed by atoms with Gasteiger partial charge in [-0.3, -0.25) is 4.79 Å². The lowest BCUT2D eigenvalue weighted by Gasteiger charge is -2.37. The van der Waals surface area contributed by atoms with Crippen LogP contribution < -0.4 is 0 Å². The Morgan fingerprint density at radius 2 is 2.46 bits per heavy atom. The summed E-state index contributed by atoms with van der Waals surface area (Å²) in [5.74, 6) is 0.128. The number of amides is 1. The fraction of sp³-hybridized carbons (Fsp3) is 0.444. The number of thiophene rings is 1. The van der Waals surface area contributed by atoms with E-state index in [1.807, 2.05) is 17.5 Å². The summed E-state index contributed by atoms with van der Waals surface area (Å²) in [7, 11) is 1.68. The van der Waals surface area contributed by atoms with Crippen LogP contribution in [0.2, 0.25) is 0 Å². The predicted molar refractivity (Wildman–Crippen MR) is 51.0 cm³/mol. The number of nitrogens with zero attached hydrogens (tertiary/aromatic N) is 1. The summed E-state index contributed by atoms with van der Waals surface area (Å²) in [5, 5.41) is 1.92. The number of hydrogen-bond donors (Lipinski definition) is 0. The Morgan fingerprint density at radius 3 is 3.00 bits per heavy atom. The molecule has 0 spiro atoms. The van der Waals surface area contributed by atoms with Gasteiger partial charge < -0.3 is 9.64 Å². The van der Waals surface area contributed by atoms with Crippen molar-refractivity contribution in [3.05, 3.63) is 22.4 Å². The number of carbonyl (C=O) groups excluding carboxylic acids is 1. The van der Waals surface area contributed by atoms with Crippen LogP contribution in [0.3, 0.4) is 0 Å². The molecule has 0 aliphatic carbocycles. The number of likely N-dealkylation sites (tertiary alicyclic amines) is 1. The SMILES string of the molecule is COC1CN(C(=O)c2cccs2)C1. The van der Waals surface area contributed by atoms with Crippen molar-refractivity contribution < 1.29 is 9.53 Å². The van der Waals surface area contributed by atoms with Crippen molar-refractivity contribution in [2.24, 2.45) is 0 Å². The first kappa shape index (κ1) is 8.72. The predicted octanol–water partition coefficient (Wildman–Crippen LogP) is 1.22. The molecular weight excluding hydrogens is 186 g/mol. The standard InChI is InChI=1S/C9H11NO2S/c1-12-7-5-10(6-7)9(11)8-3-2-4-13-8/h2-4,7H,5-6H2,1H3. The Labute approximate surface area is 80.9 Å². The quantitative estimate of drug-likeness (QED) is 0.713. The van der Waals surface area contributed by atoms with Gasteiger partial charge in [-0.2, -0.15) is 0 Å². The summed E-state index contributed by atoms with van der Waals surface area (Å²) in [6, 6.07) is 3.75. The lowest BCUT2D eigenvalue weighted by molar-refractivity contribution is -0.0189. The average Bonchev–Trinajstić information content (AvgIpc) is 2.53. The Bertz CT molecular complexity index is 291. The molecule has 1 amide bonds. The van der Waals surface area contributed by atoms with Crippen molar-refractivity contribution in [3.8, 4) is 0 Å². The summed E-state index contributed by atoms with van der Waals surface area (Å²) in [5.41, 5.74) is 0. The first-order valence-corrected chi connectivity index (χ1v) is 5.05. The van der Waals surface area contributed by atoms with Gasteiger partial charge >= 0.3 is 0 Å². The third-order valence-corrected chi connectivity index (χ3v) is 3.06. The molecule has 0 N–H and O–H groups in total. The topological polar surface area (TPSA) is 29.5 Å². The monoisotopic (exact) mass is 197 g/mol. The summed E-state index contributed by atoms with van der Waals surface area (Å²) in [6.45, 7) is 1.46. The van der Waals surface area contributed by atoms with E-state index in [0.29, 0.717) is 0 Å². The van der Waals surface area contributed by atoms with Crippen molar-refractivity contribution in [2.75, 3.05) is 20.2 Å². The minimum absolute atomic E-state index is 0.128. The summed E-state index contributed by atoms with van der Waals surface area (Å²) in [6.07, 6.45) is 0.240. The second-order valence-electron chi connectivity index (χ2n) is 3.05. The fourth-order valence-electron chi connectivity index (χ4n) is 1.31. The van der Waals surface area contributed by atoms with E-state index in [0.717, 1.165) is 18.0 Å². The Morgan fingerprint density at radius 1 is 1.69 bits per heavy atom. The third-order valence-electron chi connectivity index (χ3n) is 2.20. The molecule has 70 valence electrons. The zero-order chi connectivity index (χ0) is 9.26. The number of hydrogen-bond acceptors (Lipinski definition) is 3. The van der Waals surface area contributed by atoms with Gasteiger partial charge in [0.15, 0.2) is 0 Å². The molecule has 2 heterocycles. The van der Waals surface area contributed by atoms with Gasteiger partial charge in [0.1, 0.15) is 0 Å². The van der Waals surface area contributed by atoms with E-state index in [-0.39, 0.29) is 12.0 Å². The first-order valence-electron chi connectivity index (χ1n) is 4.17. The smallest absolute Gasteiger partial charge is 0.264 e. The zero-order valence-electron chi connectivity index (χ0n) is 7.40. The minimum atomic E-state index is 0.128. The van der Waals surface area contributed by atoms with Crippen molar-refractivity contribution in [1.82, 2.24) is 4.90 Å². The molecule has 0 bridgehead atoms. The highest BCUT2D eigenvalue weighted by Crippen LogP contribution is 2.18. The van der Waals surface area contributed by atoms with Crippen LogP contribution in [0.5, 0.6) is 0 Å². The van der Waals surface area contributed by atoms with Crippen molar-refractivity contribution >= 4 is 17.2 Å². The molecule has 13 heavy (non-hydrogen) atoms. The van der Waals surface area contributed by atoms with Gasteiger partial charge in [-0.15, -0.1) is 11.3 Å². The van der Waals surface area contributed by atoms with Crippen LogP contribution in [0.25, 0.3) is 0 Å². The van der Waals surface area contributed by atoms with E-state index in [2.05, 4.69) is 0 Å². The van der Waals surface area contributed by atoms with Crippen LogP contribution >= 0.6 is 11.3 Å². The van der Waals surface area contributed by atoms with E-state index in [1.54, 1.807) is 12.0 Å². The van der Waals surface area contributed by atoms with E-state index in [1.165, 1.54) is 11.3 Å². The van der Waals surface area contributed by atoms with Crippen molar-refractivity contribution in [2.45, 2.75) is 6.10 Å². The maximum absolute atomic E-state index is 11.6. The van der Waals surface area contributed by atoms with Gasteiger partial charge in [-0.05, 0) is 11.4 Å². The Hall–Kier alpha value is -0.870. The molecule has 1 fully saturated rings. The van der Waals surface area contributed by atoms with Crippen molar-refractivity contribution in [1.29, 1.82) is 0 Å². The molecule has 1 aromatic rings. The van der Waals surface area contributed by atoms with Gasteiger partial charge in [0.05, 0.1) is 11.0 Å². The zero-order valence-corrected chi connectivity index (χ0v) is 8.21. The lowest BCUT2D eigenvalue weighted by atomic mass is 10.1. The average molecular weight is 197 g/mol. The molecular formula is C9H11NO2S. The second kappa shape index (κ2) is 3.47. The maximum atomic E-state index is 11.6. The van der Waals surface area contributed by atoms with Crippen LogP contribution in [0.4, 0.5) is 0 Å². The van der Waals surface area contributed by atoms with Crippen LogP contribution in [-0.4, -0.2) is 37.1 Å². The molecule has 1 aliphatic rings. The lowest BCUT2D eigenvalue weighted by Crippen LogP contribution is -2.54. The van der Waals surface area contributed by atoms with Gasteiger partial charge in [0, 0.05) is 20.2 Å². The summed E-state index contributed by atoms with van der Waals surface area (Å²) >= 11 is 1.49. The molecule has 0 atom stereocenters. The largest absolute Gasteiger partial charge is 0.378 e. The molecule has 1 aliphatic heterocycles. The first-order chi connectivity index (χ1) is 6.31. The highest BCUT2D eigenvalue weighted by Gasteiger charge is 2.31. The fourth-order valence-corrected chi connectivity index (χ4v) is 2.00. The highest BCUT2D eigenvalue weighted by atomic mass is 32.1. The van der Waals surface area contributed by atoms with Gasteiger partial charge in [-0.25, -0.2) is 0 Å². The Balaban J connectivity index is 1.94. The van der Waals surface area contributed by atoms with Gasteiger partial charge in [-0.1, -0.05) is 6.07 Å².